The summed E-state index contributed by atoms with van der Waals surface area (Å²) < 4.78 is 0. The van der Waals surface area contributed by atoms with E-state index < -0.39 is 5.60 Å². The van der Waals surface area contributed by atoms with Gasteiger partial charge in [0.1, 0.15) is 5.60 Å². The van der Waals surface area contributed by atoms with Gasteiger partial charge in [0, 0.05) is 18.6 Å². The Kier molecular flexibility index (Phi) is 2.95. The van der Waals surface area contributed by atoms with E-state index in [2.05, 4.69) is 43.0 Å². The predicted octanol–water partition coefficient (Wildman–Crippen LogP) is 2.69. The summed E-state index contributed by atoms with van der Waals surface area (Å²) in [4.78, 5) is 2.49. The molecule has 0 spiro atoms. The minimum atomic E-state index is -0.631. The zero-order valence-corrected chi connectivity index (χ0v) is 11.4. The molecule has 2 nitrogen and oxygen atoms in total. The van der Waals surface area contributed by atoms with Gasteiger partial charge in [-0.1, -0.05) is 31.2 Å². The number of hydrogen-bond acceptors (Lipinski definition) is 2. The van der Waals surface area contributed by atoms with E-state index in [0.29, 0.717) is 6.04 Å². The van der Waals surface area contributed by atoms with Gasteiger partial charge in [-0.15, -0.1) is 0 Å². The first kappa shape index (κ1) is 12.2. The van der Waals surface area contributed by atoms with E-state index in [4.69, 9.17) is 0 Å². The van der Waals surface area contributed by atoms with Crippen molar-refractivity contribution in [3.05, 3.63) is 35.4 Å². The lowest BCUT2D eigenvalue weighted by Gasteiger charge is -2.24. The molecule has 3 rings (SSSR count). The van der Waals surface area contributed by atoms with E-state index in [-0.39, 0.29) is 0 Å². The van der Waals surface area contributed by atoms with Crippen molar-refractivity contribution in [2.24, 2.45) is 0 Å². The zero-order valence-electron chi connectivity index (χ0n) is 11.4. The molecule has 1 aromatic rings. The fourth-order valence-electron chi connectivity index (χ4n) is 3.28. The summed E-state index contributed by atoms with van der Waals surface area (Å²) in [5.41, 5.74) is 1.80. The SMILES string of the molecule is CCc1ccc(C2(O)CC(C)N(C3CC3)C2)cc1. The van der Waals surface area contributed by atoms with Crippen LogP contribution in [0.1, 0.15) is 44.2 Å². The second-order valence-electron chi connectivity index (χ2n) is 6.04. The largest absolute Gasteiger partial charge is 0.384 e. The third-order valence-electron chi connectivity index (χ3n) is 4.56. The molecular formula is C16H23NO. The Hall–Kier alpha value is -0.860. The molecule has 1 aliphatic carbocycles. The van der Waals surface area contributed by atoms with Gasteiger partial charge in [0.05, 0.1) is 0 Å². The normalized spacial score (nSPS) is 32.9. The Morgan fingerprint density at radius 2 is 1.94 bits per heavy atom. The highest BCUT2D eigenvalue weighted by Crippen LogP contribution is 2.41. The van der Waals surface area contributed by atoms with Crippen molar-refractivity contribution in [2.75, 3.05) is 6.54 Å². The van der Waals surface area contributed by atoms with E-state index >= 15 is 0 Å². The molecule has 1 saturated carbocycles. The fourth-order valence-corrected chi connectivity index (χ4v) is 3.28. The maximum Gasteiger partial charge on any atom is 0.104 e. The van der Waals surface area contributed by atoms with E-state index in [0.717, 1.165) is 31.0 Å². The van der Waals surface area contributed by atoms with Crippen molar-refractivity contribution < 1.29 is 5.11 Å². The molecule has 1 N–H and O–H groups in total. The molecule has 98 valence electrons. The summed E-state index contributed by atoms with van der Waals surface area (Å²) >= 11 is 0. The van der Waals surface area contributed by atoms with Crippen LogP contribution in [0.25, 0.3) is 0 Å². The summed E-state index contributed by atoms with van der Waals surface area (Å²) in [5.74, 6) is 0. The van der Waals surface area contributed by atoms with Gasteiger partial charge in [-0.25, -0.2) is 0 Å². The van der Waals surface area contributed by atoms with Crippen molar-refractivity contribution in [3.8, 4) is 0 Å². The van der Waals surface area contributed by atoms with Crippen LogP contribution in [0.3, 0.4) is 0 Å². The van der Waals surface area contributed by atoms with Crippen LogP contribution in [-0.4, -0.2) is 28.6 Å². The van der Waals surface area contributed by atoms with Gasteiger partial charge in [0.25, 0.3) is 0 Å². The Balaban J connectivity index is 1.81. The quantitative estimate of drug-likeness (QED) is 0.885. The standard InChI is InChI=1S/C16H23NO/c1-3-13-4-6-14(7-5-13)16(18)10-12(2)17(11-16)15-8-9-15/h4-7,12,15,18H,3,8-11H2,1-2H3. The molecule has 18 heavy (non-hydrogen) atoms. The van der Waals surface area contributed by atoms with Gasteiger partial charge in [-0.3, -0.25) is 4.90 Å². The van der Waals surface area contributed by atoms with Crippen LogP contribution in [0.15, 0.2) is 24.3 Å². The van der Waals surface area contributed by atoms with Gasteiger partial charge in [-0.2, -0.15) is 0 Å². The molecule has 2 atom stereocenters. The molecule has 0 radical (unpaired) electrons. The summed E-state index contributed by atoms with van der Waals surface area (Å²) in [5, 5.41) is 10.9. The topological polar surface area (TPSA) is 23.5 Å². The van der Waals surface area contributed by atoms with Crippen LogP contribution in [0.4, 0.5) is 0 Å². The molecule has 0 bridgehead atoms. The fraction of sp³-hybridized carbons (Fsp3) is 0.625. The van der Waals surface area contributed by atoms with Crippen LogP contribution < -0.4 is 0 Å². The second kappa shape index (κ2) is 4.36. The van der Waals surface area contributed by atoms with E-state index in [1.165, 1.54) is 18.4 Å². The monoisotopic (exact) mass is 245 g/mol. The lowest BCUT2D eigenvalue weighted by atomic mass is 9.90. The van der Waals surface area contributed by atoms with Crippen LogP contribution in [0.5, 0.6) is 0 Å². The van der Waals surface area contributed by atoms with Crippen molar-refractivity contribution in [3.63, 3.8) is 0 Å². The number of aryl methyl sites for hydroxylation is 1. The highest BCUT2D eigenvalue weighted by atomic mass is 16.3. The first-order valence-electron chi connectivity index (χ1n) is 7.20. The van der Waals surface area contributed by atoms with E-state index in [9.17, 15) is 5.11 Å². The second-order valence-corrected chi connectivity index (χ2v) is 6.04. The zero-order chi connectivity index (χ0) is 12.8. The van der Waals surface area contributed by atoms with Crippen LogP contribution in [-0.2, 0) is 12.0 Å². The maximum atomic E-state index is 10.9. The highest BCUT2D eigenvalue weighted by molar-refractivity contribution is 5.29. The molecule has 2 unspecified atom stereocenters. The van der Waals surface area contributed by atoms with E-state index in [1.807, 2.05) is 0 Å². The Labute approximate surface area is 110 Å². The third kappa shape index (κ3) is 2.08. The number of nitrogens with zero attached hydrogens (tertiary/aromatic N) is 1. The van der Waals surface area contributed by atoms with Gasteiger partial charge < -0.3 is 5.11 Å². The molecule has 1 saturated heterocycles. The molecule has 1 aliphatic heterocycles. The average Bonchev–Trinajstić information content (AvgIpc) is 3.16. The lowest BCUT2D eigenvalue weighted by molar-refractivity contribution is 0.0451. The van der Waals surface area contributed by atoms with Crippen molar-refractivity contribution in [1.29, 1.82) is 0 Å². The summed E-state index contributed by atoms with van der Waals surface area (Å²) in [6.45, 7) is 5.22. The maximum absolute atomic E-state index is 10.9. The molecule has 1 aromatic carbocycles. The summed E-state index contributed by atoms with van der Waals surface area (Å²) in [7, 11) is 0. The molecule has 0 aromatic heterocycles. The number of β-amino-alcohol motifs (C(OH)–C–C–N with tert-alkyl or cyclic N) is 1. The van der Waals surface area contributed by atoms with Crippen LogP contribution in [0.2, 0.25) is 0 Å². The van der Waals surface area contributed by atoms with E-state index in [1.54, 1.807) is 0 Å². The minimum absolute atomic E-state index is 0.508. The highest BCUT2D eigenvalue weighted by Gasteiger charge is 2.46. The Morgan fingerprint density at radius 3 is 2.50 bits per heavy atom. The van der Waals surface area contributed by atoms with Crippen molar-refractivity contribution >= 4 is 0 Å². The van der Waals surface area contributed by atoms with Gasteiger partial charge >= 0.3 is 0 Å². The van der Waals surface area contributed by atoms with Gasteiger partial charge in [-0.05, 0) is 43.7 Å². The first-order chi connectivity index (χ1) is 8.62. The smallest absolute Gasteiger partial charge is 0.104 e. The average molecular weight is 245 g/mol. The third-order valence-corrected chi connectivity index (χ3v) is 4.56. The summed E-state index contributed by atoms with van der Waals surface area (Å²) in [6.07, 6.45) is 4.56. The predicted molar refractivity (Wildman–Crippen MR) is 73.5 cm³/mol. The van der Waals surface area contributed by atoms with Gasteiger partial charge in [0.15, 0.2) is 0 Å². The van der Waals surface area contributed by atoms with Crippen molar-refractivity contribution in [1.82, 2.24) is 4.90 Å². The Morgan fingerprint density at radius 1 is 1.28 bits per heavy atom. The number of likely N-dealkylation sites (tertiary alicyclic amines) is 1. The number of hydrogen-bond donors (Lipinski definition) is 1. The van der Waals surface area contributed by atoms with Crippen molar-refractivity contribution in [2.45, 2.75) is 57.2 Å². The number of rotatable bonds is 3. The van der Waals surface area contributed by atoms with Gasteiger partial charge in [0.2, 0.25) is 0 Å². The van der Waals surface area contributed by atoms with Crippen LogP contribution >= 0.6 is 0 Å². The molecular weight excluding hydrogens is 222 g/mol. The molecule has 2 aliphatic rings. The Bertz CT molecular complexity index is 423. The summed E-state index contributed by atoms with van der Waals surface area (Å²) in [6, 6.07) is 9.77. The minimum Gasteiger partial charge on any atom is -0.384 e. The lowest BCUT2D eigenvalue weighted by Crippen LogP contribution is -2.33. The molecule has 1 heterocycles. The van der Waals surface area contributed by atoms with Crippen LogP contribution in [0, 0.1) is 0 Å². The molecule has 2 fully saturated rings. The molecule has 2 heteroatoms. The number of benzene rings is 1. The first-order valence-corrected chi connectivity index (χ1v) is 7.20. The molecule has 0 amide bonds. The number of aliphatic hydroxyl groups is 1.